The number of β-lactam (4-membered cyclic amide) rings is 1. The summed E-state index contributed by atoms with van der Waals surface area (Å²) in [6, 6.07) is -1.46. The van der Waals surface area contributed by atoms with Crippen molar-refractivity contribution in [3.05, 3.63) is 45.1 Å². The fraction of sp³-hybridized carbons (Fsp3) is 0.400. The van der Waals surface area contributed by atoms with Crippen LogP contribution in [0.5, 0.6) is 5.95 Å². The third kappa shape index (κ3) is 5.46. The minimum absolute atomic E-state index is 0.0191. The van der Waals surface area contributed by atoms with Crippen LogP contribution in [-0.4, -0.2) is 113 Å². The summed E-state index contributed by atoms with van der Waals surface area (Å²) in [6.07, 6.45) is 1.23. The molecule has 3 fully saturated rings. The summed E-state index contributed by atoms with van der Waals surface area (Å²) >= 11 is 1.95. The van der Waals surface area contributed by atoms with Gasteiger partial charge in [0.2, 0.25) is 17.4 Å². The first-order chi connectivity index (χ1) is 22.0. The first-order valence-electron chi connectivity index (χ1n) is 13.6. The first-order valence-corrected chi connectivity index (χ1v) is 15.4. The molecular weight excluding hydrogens is 652 g/mol. The van der Waals surface area contributed by atoms with E-state index in [-0.39, 0.29) is 52.2 Å². The number of thioether (sulfide) groups is 1. The number of likely N-dealkylation sites (tertiary alicyclic amines) is 2. The molecule has 0 unspecified atom stereocenters. The number of ether oxygens (including phenoxy) is 1. The molecule has 242 valence electrons. The van der Waals surface area contributed by atoms with Crippen molar-refractivity contribution in [2.75, 3.05) is 31.1 Å². The molecule has 3 atom stereocenters. The highest BCUT2D eigenvalue weighted by Gasteiger charge is 2.55. The second-order valence-electron chi connectivity index (χ2n) is 10.4. The van der Waals surface area contributed by atoms with Crippen molar-refractivity contribution in [1.29, 1.82) is 0 Å². The van der Waals surface area contributed by atoms with Gasteiger partial charge >= 0.3 is 23.8 Å². The van der Waals surface area contributed by atoms with Gasteiger partial charge < -0.3 is 44.7 Å². The van der Waals surface area contributed by atoms with Crippen LogP contribution in [0.15, 0.2) is 41.7 Å². The molecule has 4 aliphatic rings. The smallest absolute Gasteiger partial charge is 0.465 e. The number of fused-ring (bicyclic) bond motifs is 1. The Bertz CT molecular complexity index is 1810. The molecule has 0 bridgehead atoms. The monoisotopic (exact) mass is 676 g/mol. The Kier molecular flexibility index (Phi) is 8.02. The zero-order chi connectivity index (χ0) is 32.9. The molecule has 4 aliphatic heterocycles. The molecule has 0 radical (unpaired) electrons. The van der Waals surface area contributed by atoms with E-state index in [1.165, 1.54) is 29.7 Å². The van der Waals surface area contributed by atoms with Crippen LogP contribution in [0, 0.1) is 6.92 Å². The molecule has 3 saturated heterocycles. The maximum atomic E-state index is 13.5. The second kappa shape index (κ2) is 12.0. The summed E-state index contributed by atoms with van der Waals surface area (Å²) in [7, 11) is 0. The highest BCUT2D eigenvalue weighted by molar-refractivity contribution is 8.00. The van der Waals surface area contributed by atoms with Crippen molar-refractivity contribution in [2.24, 2.45) is 5.16 Å². The number of aryl methyl sites for hydroxylation is 1. The number of amides is 4. The van der Waals surface area contributed by atoms with Crippen molar-refractivity contribution >= 4 is 63.9 Å². The average molecular weight is 677 g/mol. The van der Waals surface area contributed by atoms with Gasteiger partial charge in [0.15, 0.2) is 10.9 Å². The molecule has 5 N–H and O–H groups in total. The lowest BCUT2D eigenvalue weighted by atomic mass is 10.0. The number of aromatic nitrogens is 2. The number of carboxylic acid groups (broad SMARTS) is 1. The van der Waals surface area contributed by atoms with E-state index in [4.69, 9.17) is 19.3 Å². The number of rotatable bonds is 7. The van der Waals surface area contributed by atoms with Crippen LogP contribution in [0.3, 0.4) is 0 Å². The Balaban J connectivity index is 1.27. The van der Waals surface area contributed by atoms with E-state index >= 15 is 0 Å². The normalized spacial score (nSPS) is 24.0. The Morgan fingerprint density at radius 1 is 1.22 bits per heavy atom. The van der Waals surface area contributed by atoms with Crippen molar-refractivity contribution in [1.82, 2.24) is 29.4 Å². The first kappa shape index (κ1) is 30.8. The fourth-order valence-corrected chi connectivity index (χ4v) is 7.27. The molecule has 0 aromatic carbocycles. The Morgan fingerprint density at radius 3 is 2.63 bits per heavy atom. The Labute approximate surface area is 265 Å². The van der Waals surface area contributed by atoms with Gasteiger partial charge in [0.25, 0.3) is 11.8 Å². The van der Waals surface area contributed by atoms with Crippen molar-refractivity contribution < 1.29 is 47.9 Å². The molecule has 19 nitrogen and oxygen atoms in total. The van der Waals surface area contributed by atoms with E-state index < -0.39 is 52.8 Å². The van der Waals surface area contributed by atoms with Gasteiger partial charge in [-0.15, -0.1) is 11.8 Å². The number of nitrogens with zero attached hydrogens (tertiary/aromatic N) is 6. The molecule has 6 rings (SSSR count). The Morgan fingerprint density at radius 2 is 2.00 bits per heavy atom. The maximum absolute atomic E-state index is 13.5. The van der Waals surface area contributed by atoms with Gasteiger partial charge in [-0.25, -0.2) is 14.4 Å². The molecule has 2 aromatic heterocycles. The molecule has 0 saturated carbocycles. The maximum Gasteiger partial charge on any atom is 0.521 e. The van der Waals surface area contributed by atoms with Crippen molar-refractivity contribution in [2.45, 2.75) is 37.2 Å². The van der Waals surface area contributed by atoms with E-state index in [2.05, 4.69) is 19.8 Å². The van der Waals surface area contributed by atoms with Crippen LogP contribution in [-0.2, 0) is 19.2 Å². The molecular formula is C25H24N8O11S2. The minimum atomic E-state index is -1.17. The zero-order valence-electron chi connectivity index (χ0n) is 23.7. The summed E-state index contributed by atoms with van der Waals surface area (Å²) in [6.45, 7) is 2.16. The van der Waals surface area contributed by atoms with E-state index in [9.17, 15) is 39.1 Å². The van der Waals surface area contributed by atoms with Gasteiger partial charge in [-0.05, 0) is 24.5 Å². The highest BCUT2D eigenvalue weighted by Crippen LogP contribution is 2.42. The van der Waals surface area contributed by atoms with Crippen LogP contribution in [0.1, 0.15) is 24.4 Å². The number of nitrogen functional groups attached to an aromatic ring is 1. The van der Waals surface area contributed by atoms with Gasteiger partial charge in [-0.1, -0.05) is 5.16 Å². The molecule has 4 amide bonds. The third-order valence-electron chi connectivity index (χ3n) is 7.71. The van der Waals surface area contributed by atoms with Gasteiger partial charge in [0.05, 0.1) is 6.04 Å². The number of esters is 1. The lowest BCUT2D eigenvalue weighted by Gasteiger charge is -2.49. The number of anilines is 1. The number of nitrogens with one attached hydrogen (secondary N) is 1. The number of hydrogen-bond donors (Lipinski definition) is 4. The van der Waals surface area contributed by atoms with Crippen LogP contribution in [0.2, 0.25) is 0 Å². The molecule has 0 spiro atoms. The fourth-order valence-electron chi connectivity index (χ4n) is 5.53. The summed E-state index contributed by atoms with van der Waals surface area (Å²) in [5, 5.41) is 23.3. The number of oxime groups is 1. The number of nitrogens with two attached hydrogens (primary N) is 1. The SMILES string of the molecule is Cc1oc(=O)oc1OC(=O)C1=C(C=C2CCN([C@@H]3CCN(C(=O)O)C3)C2=O)CS[C@@H]2[C@H](NC(=O)/C(=N\O)c3nsc(N)n3)C(=O)N12. The number of carbonyl (C=O) groups excluding carboxylic acids is 4. The molecule has 0 aliphatic carbocycles. The minimum Gasteiger partial charge on any atom is -0.465 e. The number of allylic oxidation sites excluding steroid dienone is 1. The quantitative estimate of drug-likeness (QED) is 0.0707. The van der Waals surface area contributed by atoms with E-state index in [1.54, 1.807) is 4.90 Å². The highest BCUT2D eigenvalue weighted by atomic mass is 32.2. The summed E-state index contributed by atoms with van der Waals surface area (Å²) < 4.78 is 18.7. The average Bonchev–Trinajstić information content (AvgIpc) is 3.81. The zero-order valence-corrected chi connectivity index (χ0v) is 25.3. The summed E-state index contributed by atoms with van der Waals surface area (Å²) in [4.78, 5) is 83.9. The van der Waals surface area contributed by atoms with Crippen LogP contribution in [0.25, 0.3) is 0 Å². The van der Waals surface area contributed by atoms with Gasteiger partial charge in [0, 0.05) is 49.4 Å². The topological polar surface area (TPSA) is 264 Å². The van der Waals surface area contributed by atoms with Crippen LogP contribution < -0.4 is 21.6 Å². The molecule has 6 heterocycles. The van der Waals surface area contributed by atoms with E-state index in [0.717, 1.165) is 16.4 Å². The van der Waals surface area contributed by atoms with Crippen LogP contribution in [0.4, 0.5) is 9.93 Å². The largest absolute Gasteiger partial charge is 0.521 e. The predicted octanol–water partition coefficient (Wildman–Crippen LogP) is -0.676. The second-order valence-corrected chi connectivity index (χ2v) is 12.3. The molecule has 46 heavy (non-hydrogen) atoms. The standard InChI is InChI=1S/C25H24N8O11S2/c1-9-22(44-25(40)42-9)43-21(37)15-11(6-10-2-5-32(18(10)35)12-3-4-31(7-12)24(38)39)8-45-20-14(19(36)33(15)20)27-17(34)13(29-41)16-28-23(26)46-30-16/h6,12,14,20,41H,2-5,7-8H2,1H3,(H,27,34)(H,38,39)(H2,26,28,30)/b10-6?,29-13-/t12-,14-,20-/m1/s1. The third-order valence-corrected chi connectivity index (χ3v) is 9.56. The van der Waals surface area contributed by atoms with Crippen molar-refractivity contribution in [3.63, 3.8) is 0 Å². The number of carbonyl (C=O) groups is 5. The van der Waals surface area contributed by atoms with Gasteiger partial charge in [-0.3, -0.25) is 19.3 Å². The summed E-state index contributed by atoms with van der Waals surface area (Å²) in [5.74, 6) is -5.01. The van der Waals surface area contributed by atoms with E-state index in [0.29, 0.717) is 31.5 Å². The predicted molar refractivity (Wildman–Crippen MR) is 155 cm³/mol. The van der Waals surface area contributed by atoms with Crippen LogP contribution >= 0.6 is 23.3 Å². The number of hydrogen-bond acceptors (Lipinski definition) is 16. The molecule has 2 aromatic rings. The summed E-state index contributed by atoms with van der Waals surface area (Å²) in [5.41, 5.74) is 5.32. The van der Waals surface area contributed by atoms with Gasteiger partial charge in [-0.2, -0.15) is 9.36 Å². The lowest BCUT2D eigenvalue weighted by Crippen LogP contribution is -2.71. The van der Waals surface area contributed by atoms with Gasteiger partial charge in [0.1, 0.15) is 17.1 Å². The van der Waals surface area contributed by atoms with Crippen molar-refractivity contribution in [3.8, 4) is 5.95 Å². The van der Waals surface area contributed by atoms with E-state index in [1.807, 2.05) is 0 Å². The Hall–Kier alpha value is -5.18. The lowest BCUT2D eigenvalue weighted by molar-refractivity contribution is -0.149. The molecule has 21 heteroatoms.